The standard InChI is InChI=1S/C27H41F3N4O7/c1-15(2)10-20(41-24(39)33-25(3,4)5)23(38)34-14-26(7-8-26)12-18(34)22(37)32-17(11-16-6-9-31-21(16)36)19(35)13-40-27(28,29)30/h15-18,20H,6-14H2,1-5H3,(H,31,36)(H,32,37)(H,33,39)/t16-,17-,18?,20+/m0/s1. The molecule has 0 radical (unpaired) electrons. The van der Waals surface area contributed by atoms with Crippen LogP contribution in [0.2, 0.25) is 0 Å². The summed E-state index contributed by atoms with van der Waals surface area (Å²) in [5.41, 5.74) is -0.887. The lowest BCUT2D eigenvalue weighted by molar-refractivity contribution is -0.321. The van der Waals surface area contributed by atoms with Crippen molar-refractivity contribution in [1.29, 1.82) is 0 Å². The van der Waals surface area contributed by atoms with Gasteiger partial charge >= 0.3 is 12.5 Å². The number of ether oxygens (including phenoxy) is 2. The van der Waals surface area contributed by atoms with Crippen molar-refractivity contribution in [3.8, 4) is 0 Å². The number of nitrogens with zero attached hydrogens (tertiary/aromatic N) is 1. The zero-order chi connectivity index (χ0) is 30.8. The van der Waals surface area contributed by atoms with E-state index in [2.05, 4.69) is 20.7 Å². The number of halogens is 3. The molecule has 1 saturated carbocycles. The van der Waals surface area contributed by atoms with Crippen LogP contribution in [0.4, 0.5) is 18.0 Å². The first-order valence-corrected chi connectivity index (χ1v) is 14.0. The molecule has 3 rings (SSSR count). The molecule has 1 aliphatic carbocycles. The molecule has 0 bridgehead atoms. The number of hydrogen-bond donors (Lipinski definition) is 3. The smallest absolute Gasteiger partial charge is 0.436 e. The molecule has 3 fully saturated rings. The van der Waals surface area contributed by atoms with Gasteiger partial charge in [0.05, 0.1) is 6.04 Å². The Labute approximate surface area is 237 Å². The van der Waals surface area contributed by atoms with E-state index < -0.39 is 66.3 Å². The van der Waals surface area contributed by atoms with Crippen LogP contribution in [0, 0.1) is 17.3 Å². The van der Waals surface area contributed by atoms with Gasteiger partial charge in [0.2, 0.25) is 11.8 Å². The summed E-state index contributed by atoms with van der Waals surface area (Å²) >= 11 is 0. The maximum Gasteiger partial charge on any atom is 0.522 e. The van der Waals surface area contributed by atoms with Crippen LogP contribution in [0.1, 0.15) is 73.1 Å². The number of carbonyl (C=O) groups excluding carboxylic acids is 5. The molecule has 2 saturated heterocycles. The summed E-state index contributed by atoms with van der Waals surface area (Å²) in [7, 11) is 0. The molecule has 3 N–H and O–H groups in total. The molecule has 14 heteroatoms. The van der Waals surface area contributed by atoms with Crippen LogP contribution in [0.3, 0.4) is 0 Å². The highest BCUT2D eigenvalue weighted by atomic mass is 19.4. The first-order chi connectivity index (χ1) is 18.9. The maximum absolute atomic E-state index is 13.7. The topological polar surface area (TPSA) is 143 Å². The number of amides is 4. The van der Waals surface area contributed by atoms with Crippen molar-refractivity contribution >= 4 is 29.6 Å². The summed E-state index contributed by atoms with van der Waals surface area (Å²) in [6.07, 6.45) is -4.75. The number of alkyl carbamates (subject to hydrolysis) is 1. The lowest BCUT2D eigenvalue weighted by Gasteiger charge is -2.31. The van der Waals surface area contributed by atoms with Gasteiger partial charge in [0.1, 0.15) is 12.6 Å². The average molecular weight is 591 g/mol. The van der Waals surface area contributed by atoms with Crippen LogP contribution in [0.25, 0.3) is 0 Å². The van der Waals surface area contributed by atoms with Gasteiger partial charge in [-0.3, -0.25) is 23.9 Å². The second kappa shape index (κ2) is 12.5. The van der Waals surface area contributed by atoms with E-state index in [1.165, 1.54) is 4.90 Å². The highest BCUT2D eigenvalue weighted by molar-refractivity contribution is 5.95. The minimum absolute atomic E-state index is 0.0238. The van der Waals surface area contributed by atoms with E-state index in [1.807, 2.05) is 13.8 Å². The highest BCUT2D eigenvalue weighted by Gasteiger charge is 2.56. The Bertz CT molecular complexity index is 1020. The van der Waals surface area contributed by atoms with Crippen molar-refractivity contribution in [2.45, 2.75) is 103 Å². The molecule has 2 aliphatic heterocycles. The molecule has 0 aromatic rings. The van der Waals surface area contributed by atoms with Crippen molar-refractivity contribution in [2.75, 3.05) is 19.7 Å². The Balaban J connectivity index is 1.78. The normalized spacial score (nSPS) is 23.2. The molecule has 3 aliphatic rings. The van der Waals surface area contributed by atoms with E-state index in [-0.39, 0.29) is 36.6 Å². The van der Waals surface area contributed by atoms with Gasteiger partial charge < -0.3 is 25.6 Å². The zero-order valence-electron chi connectivity index (χ0n) is 24.2. The summed E-state index contributed by atoms with van der Waals surface area (Å²) in [4.78, 5) is 66.0. The lowest BCUT2D eigenvalue weighted by Crippen LogP contribution is -2.54. The van der Waals surface area contributed by atoms with Crippen LogP contribution in [-0.2, 0) is 28.7 Å². The predicted octanol–water partition coefficient (Wildman–Crippen LogP) is 2.42. The third-order valence-electron chi connectivity index (χ3n) is 7.50. The van der Waals surface area contributed by atoms with Crippen LogP contribution >= 0.6 is 0 Å². The van der Waals surface area contributed by atoms with E-state index in [0.717, 1.165) is 12.8 Å². The van der Waals surface area contributed by atoms with Crippen molar-refractivity contribution < 1.29 is 46.6 Å². The highest BCUT2D eigenvalue weighted by Crippen LogP contribution is 2.55. The largest absolute Gasteiger partial charge is 0.522 e. The van der Waals surface area contributed by atoms with Gasteiger partial charge in [-0.05, 0) is 70.6 Å². The Morgan fingerprint density at radius 1 is 1.15 bits per heavy atom. The fourth-order valence-electron chi connectivity index (χ4n) is 5.29. The number of carbonyl (C=O) groups is 5. The van der Waals surface area contributed by atoms with Crippen molar-refractivity contribution in [1.82, 2.24) is 20.9 Å². The molecule has 4 atom stereocenters. The lowest BCUT2D eigenvalue weighted by atomic mass is 9.95. The summed E-state index contributed by atoms with van der Waals surface area (Å²) < 4.78 is 47.1. The van der Waals surface area contributed by atoms with Gasteiger partial charge in [-0.15, -0.1) is 13.2 Å². The van der Waals surface area contributed by atoms with Crippen LogP contribution in [0.15, 0.2) is 0 Å². The van der Waals surface area contributed by atoms with Crippen LogP contribution in [-0.4, -0.2) is 84.3 Å². The monoisotopic (exact) mass is 590 g/mol. The van der Waals surface area contributed by atoms with Gasteiger partial charge in [0.25, 0.3) is 5.91 Å². The first kappa shape index (κ1) is 32.6. The second-order valence-electron chi connectivity index (χ2n) is 12.9. The van der Waals surface area contributed by atoms with Crippen molar-refractivity contribution in [3.05, 3.63) is 0 Å². The molecule has 1 unspecified atom stereocenters. The van der Waals surface area contributed by atoms with Gasteiger partial charge in [-0.1, -0.05) is 13.8 Å². The maximum atomic E-state index is 13.7. The Morgan fingerprint density at radius 3 is 2.32 bits per heavy atom. The number of rotatable bonds is 11. The Kier molecular flexibility index (Phi) is 9.97. The molecule has 4 amide bonds. The number of hydrogen-bond acceptors (Lipinski definition) is 7. The fourth-order valence-corrected chi connectivity index (χ4v) is 5.29. The third kappa shape index (κ3) is 9.57. The molecule has 1 spiro atoms. The molecule has 0 aromatic heterocycles. The quantitative estimate of drug-likeness (QED) is 0.335. The molecular weight excluding hydrogens is 549 g/mol. The predicted molar refractivity (Wildman–Crippen MR) is 139 cm³/mol. The van der Waals surface area contributed by atoms with Crippen molar-refractivity contribution in [2.24, 2.45) is 17.3 Å². The number of alkyl halides is 3. The Hall–Kier alpha value is -2.90. The van der Waals surface area contributed by atoms with Crippen molar-refractivity contribution in [3.63, 3.8) is 0 Å². The number of nitrogens with one attached hydrogen (secondary N) is 3. The second-order valence-corrected chi connectivity index (χ2v) is 12.9. The Morgan fingerprint density at radius 2 is 1.80 bits per heavy atom. The number of likely N-dealkylation sites (tertiary alicyclic amines) is 1. The summed E-state index contributed by atoms with van der Waals surface area (Å²) in [6.45, 7) is 8.29. The SMILES string of the molecule is CC(C)C[C@@H](OC(=O)NC(C)(C)C)C(=O)N1CC2(CC2)CC1C(=O)N[C@@H](C[C@@H]1CCNC1=O)C(=O)COC(F)(F)F. The van der Waals surface area contributed by atoms with Crippen LogP contribution in [0.5, 0.6) is 0 Å². The summed E-state index contributed by atoms with van der Waals surface area (Å²) in [5.74, 6) is -3.35. The first-order valence-electron chi connectivity index (χ1n) is 14.0. The zero-order valence-corrected chi connectivity index (χ0v) is 24.2. The summed E-state index contributed by atoms with van der Waals surface area (Å²) in [6, 6.07) is -2.45. The van der Waals surface area contributed by atoms with Gasteiger partial charge in [0.15, 0.2) is 11.9 Å². The summed E-state index contributed by atoms with van der Waals surface area (Å²) in [5, 5.41) is 7.77. The molecular formula is C27H41F3N4O7. The van der Waals surface area contributed by atoms with Gasteiger partial charge in [0, 0.05) is 24.5 Å². The van der Waals surface area contributed by atoms with E-state index >= 15 is 0 Å². The minimum Gasteiger partial charge on any atom is -0.436 e. The molecule has 41 heavy (non-hydrogen) atoms. The molecule has 0 aromatic carbocycles. The van der Waals surface area contributed by atoms with Gasteiger partial charge in [-0.2, -0.15) is 0 Å². The molecule has 2 heterocycles. The van der Waals surface area contributed by atoms with E-state index in [1.54, 1.807) is 20.8 Å². The molecule has 232 valence electrons. The average Bonchev–Trinajstić information content (AvgIpc) is 3.28. The molecule has 11 nitrogen and oxygen atoms in total. The number of Topliss-reactive ketones (excluding diaryl/α,β-unsaturated/α-hetero) is 1. The fraction of sp³-hybridized carbons (Fsp3) is 0.815. The number of ketones is 1. The van der Waals surface area contributed by atoms with Crippen LogP contribution < -0.4 is 16.0 Å². The van der Waals surface area contributed by atoms with Gasteiger partial charge in [-0.25, -0.2) is 4.79 Å². The third-order valence-corrected chi connectivity index (χ3v) is 7.50. The van der Waals surface area contributed by atoms with E-state index in [4.69, 9.17) is 4.74 Å². The minimum atomic E-state index is -5.05. The van der Waals surface area contributed by atoms with E-state index in [0.29, 0.717) is 19.4 Å². The van der Waals surface area contributed by atoms with E-state index in [9.17, 15) is 37.1 Å².